The van der Waals surface area contributed by atoms with Crippen molar-refractivity contribution in [1.29, 1.82) is 0 Å². The molecule has 1 aromatic carbocycles. The summed E-state index contributed by atoms with van der Waals surface area (Å²) in [6, 6.07) is 8.49. The molecule has 0 radical (unpaired) electrons. The van der Waals surface area contributed by atoms with Gasteiger partial charge in [0.15, 0.2) is 0 Å². The van der Waals surface area contributed by atoms with Crippen molar-refractivity contribution in [3.63, 3.8) is 0 Å². The first-order chi connectivity index (χ1) is 18.3. The van der Waals surface area contributed by atoms with Gasteiger partial charge in [0, 0.05) is 31.2 Å². The molecular weight excluding hydrogens is 518 g/mol. The summed E-state index contributed by atoms with van der Waals surface area (Å²) >= 11 is 5.97. The molecule has 2 aromatic rings. The van der Waals surface area contributed by atoms with Crippen LogP contribution >= 0.6 is 11.6 Å². The standard InChI is InChI=1S/C21H25ClN2O2.C6H10F2.C5H12/c1-4-14(2)15(3)17-7-5-16(6-8-17)12-26-20-19(11-23-21(22)24-20)18-9-10-25-13-18;1-4-5(2)6(3,7)8;1-4-5(2)3/h5-8,11,18H,4,9-10,12-13H2,1-3H3;4H,1-3H3;5H,4H2,1-3H3/b;5-4+;. The fourth-order valence-corrected chi connectivity index (χ4v) is 3.42. The zero-order valence-corrected chi connectivity index (χ0v) is 26.0. The van der Waals surface area contributed by atoms with E-state index in [2.05, 4.69) is 75.8 Å². The van der Waals surface area contributed by atoms with Crippen LogP contribution in [-0.2, 0) is 11.3 Å². The number of ether oxygens (including phenoxy) is 2. The van der Waals surface area contributed by atoms with Crippen molar-refractivity contribution in [1.82, 2.24) is 9.97 Å². The van der Waals surface area contributed by atoms with E-state index < -0.39 is 5.92 Å². The number of aromatic nitrogens is 2. The number of rotatable bonds is 8. The van der Waals surface area contributed by atoms with Crippen LogP contribution in [0.2, 0.25) is 5.28 Å². The van der Waals surface area contributed by atoms with E-state index >= 15 is 0 Å². The summed E-state index contributed by atoms with van der Waals surface area (Å²) in [6.07, 6.45) is 6.51. The summed E-state index contributed by atoms with van der Waals surface area (Å²) in [5.74, 6) is -0.915. The summed E-state index contributed by atoms with van der Waals surface area (Å²) in [7, 11) is 0. The Morgan fingerprint density at radius 2 is 1.79 bits per heavy atom. The van der Waals surface area contributed by atoms with Crippen LogP contribution < -0.4 is 4.74 Å². The Balaban J connectivity index is 0.000000487. The fraction of sp³-hybridized carbons (Fsp3) is 0.562. The van der Waals surface area contributed by atoms with Crippen molar-refractivity contribution in [2.75, 3.05) is 13.2 Å². The molecular formula is C32H47ClF2N2O2. The van der Waals surface area contributed by atoms with E-state index in [0.29, 0.717) is 19.1 Å². The summed E-state index contributed by atoms with van der Waals surface area (Å²) in [6.45, 7) is 19.0. The average molecular weight is 565 g/mol. The third-order valence-electron chi connectivity index (χ3n) is 7.00. The van der Waals surface area contributed by atoms with Gasteiger partial charge in [-0.15, -0.1) is 0 Å². The van der Waals surface area contributed by atoms with Gasteiger partial charge in [-0.25, -0.2) is 13.8 Å². The molecule has 0 aliphatic carbocycles. The SMILES string of the molecule is C/C=C(\C)C(C)(F)F.CCC(C)=C(C)c1ccc(COc2nc(Cl)ncc2C2CCOC2)cc1.CCC(C)C. The Kier molecular flexibility index (Phi) is 15.5. The lowest BCUT2D eigenvalue weighted by molar-refractivity contribution is 0.0633. The van der Waals surface area contributed by atoms with Crippen LogP contribution in [0.4, 0.5) is 8.78 Å². The number of halogens is 3. The third-order valence-corrected chi connectivity index (χ3v) is 7.18. The van der Waals surface area contributed by atoms with E-state index in [4.69, 9.17) is 21.1 Å². The number of alkyl halides is 2. The molecule has 39 heavy (non-hydrogen) atoms. The van der Waals surface area contributed by atoms with Crippen molar-refractivity contribution in [3.8, 4) is 5.88 Å². The normalized spacial score (nSPS) is 16.1. The van der Waals surface area contributed by atoms with Crippen molar-refractivity contribution in [3.05, 3.63) is 69.7 Å². The molecule has 1 aliphatic heterocycles. The highest BCUT2D eigenvalue weighted by Crippen LogP contribution is 2.32. The number of allylic oxidation sites excluding steroid dienone is 4. The van der Waals surface area contributed by atoms with Crippen LogP contribution in [0.3, 0.4) is 0 Å². The van der Waals surface area contributed by atoms with Gasteiger partial charge in [0.05, 0.1) is 6.61 Å². The summed E-state index contributed by atoms with van der Waals surface area (Å²) in [4.78, 5) is 8.39. The molecule has 0 spiro atoms. The second-order valence-corrected chi connectivity index (χ2v) is 10.7. The van der Waals surface area contributed by atoms with Crippen molar-refractivity contribution >= 4 is 17.2 Å². The van der Waals surface area contributed by atoms with E-state index in [9.17, 15) is 8.78 Å². The Hall–Kier alpha value is -2.31. The van der Waals surface area contributed by atoms with Gasteiger partial charge in [0.1, 0.15) is 6.61 Å². The minimum Gasteiger partial charge on any atom is -0.472 e. The zero-order chi connectivity index (χ0) is 29.6. The van der Waals surface area contributed by atoms with Crippen molar-refractivity contribution < 1.29 is 18.3 Å². The lowest BCUT2D eigenvalue weighted by atomic mass is 10.00. The van der Waals surface area contributed by atoms with Crippen LogP contribution in [0.15, 0.2) is 47.7 Å². The monoisotopic (exact) mass is 564 g/mol. The molecule has 218 valence electrons. The molecule has 1 aliphatic rings. The highest BCUT2D eigenvalue weighted by Gasteiger charge is 2.23. The zero-order valence-electron chi connectivity index (χ0n) is 25.2. The molecule has 1 unspecified atom stereocenters. The molecule has 4 nitrogen and oxygen atoms in total. The predicted octanol–water partition coefficient (Wildman–Crippen LogP) is 10.1. The number of benzene rings is 1. The second-order valence-electron chi connectivity index (χ2n) is 10.4. The highest BCUT2D eigenvalue weighted by atomic mass is 35.5. The first kappa shape index (κ1) is 34.7. The van der Waals surface area contributed by atoms with E-state index in [1.807, 2.05) is 0 Å². The Bertz CT molecular complexity index is 1050. The molecule has 0 saturated carbocycles. The minimum atomic E-state index is -2.63. The largest absolute Gasteiger partial charge is 0.472 e. The van der Waals surface area contributed by atoms with Gasteiger partial charge in [0.2, 0.25) is 11.2 Å². The smallest absolute Gasteiger partial charge is 0.266 e. The predicted molar refractivity (Wildman–Crippen MR) is 160 cm³/mol. The van der Waals surface area contributed by atoms with Crippen molar-refractivity contribution in [2.24, 2.45) is 5.92 Å². The summed E-state index contributed by atoms with van der Waals surface area (Å²) < 4.78 is 35.6. The minimum absolute atomic E-state index is 0.123. The molecule has 1 aromatic heterocycles. The van der Waals surface area contributed by atoms with Gasteiger partial charge < -0.3 is 9.47 Å². The van der Waals surface area contributed by atoms with E-state index in [1.165, 1.54) is 36.1 Å². The van der Waals surface area contributed by atoms with Crippen molar-refractivity contribution in [2.45, 2.75) is 100 Å². The summed E-state index contributed by atoms with van der Waals surface area (Å²) in [5, 5.41) is 0.203. The maximum Gasteiger partial charge on any atom is 0.266 e. The van der Waals surface area contributed by atoms with Crippen LogP contribution in [0, 0.1) is 5.92 Å². The third kappa shape index (κ3) is 12.6. The highest BCUT2D eigenvalue weighted by molar-refractivity contribution is 6.28. The fourth-order valence-electron chi connectivity index (χ4n) is 3.30. The number of nitrogens with zero attached hydrogens (tertiary/aromatic N) is 2. The molecule has 2 heterocycles. The first-order valence-electron chi connectivity index (χ1n) is 13.8. The Morgan fingerprint density at radius 1 is 1.18 bits per heavy atom. The van der Waals surface area contributed by atoms with E-state index in [1.54, 1.807) is 13.1 Å². The van der Waals surface area contributed by atoms with Gasteiger partial charge in [-0.2, -0.15) is 4.98 Å². The average Bonchev–Trinajstić information content (AvgIpc) is 3.46. The molecule has 0 N–H and O–H groups in total. The van der Waals surface area contributed by atoms with Crippen LogP contribution in [-0.4, -0.2) is 29.1 Å². The second kappa shape index (κ2) is 17.4. The molecule has 3 rings (SSSR count). The van der Waals surface area contributed by atoms with Crippen LogP contribution in [0.25, 0.3) is 5.57 Å². The lowest BCUT2D eigenvalue weighted by Crippen LogP contribution is -2.10. The maximum absolute atomic E-state index is 12.0. The quantitative estimate of drug-likeness (QED) is 0.236. The topological polar surface area (TPSA) is 44.2 Å². The Labute approximate surface area is 239 Å². The molecule has 1 atom stereocenters. The van der Waals surface area contributed by atoms with Crippen LogP contribution in [0.1, 0.15) is 104 Å². The Morgan fingerprint density at radius 3 is 2.23 bits per heavy atom. The van der Waals surface area contributed by atoms with Gasteiger partial charge in [-0.3, -0.25) is 0 Å². The lowest BCUT2D eigenvalue weighted by Gasteiger charge is -2.14. The van der Waals surface area contributed by atoms with E-state index in [-0.39, 0.29) is 16.8 Å². The van der Waals surface area contributed by atoms with Crippen LogP contribution in [0.5, 0.6) is 5.88 Å². The first-order valence-corrected chi connectivity index (χ1v) is 14.2. The molecule has 0 bridgehead atoms. The summed E-state index contributed by atoms with van der Waals surface area (Å²) in [5.41, 5.74) is 6.19. The molecule has 0 amide bonds. The molecule has 1 saturated heterocycles. The number of hydrogen-bond donors (Lipinski definition) is 0. The van der Waals surface area contributed by atoms with Gasteiger partial charge >= 0.3 is 0 Å². The maximum atomic E-state index is 12.0. The van der Waals surface area contributed by atoms with E-state index in [0.717, 1.165) is 43.4 Å². The van der Waals surface area contributed by atoms with Gasteiger partial charge in [-0.05, 0) is 80.3 Å². The number of hydrogen-bond acceptors (Lipinski definition) is 4. The van der Waals surface area contributed by atoms with Gasteiger partial charge in [0.25, 0.3) is 5.92 Å². The molecule has 1 fully saturated rings. The van der Waals surface area contributed by atoms with Gasteiger partial charge in [-0.1, -0.05) is 70.0 Å². The molecule has 7 heteroatoms.